The summed E-state index contributed by atoms with van der Waals surface area (Å²) in [7, 11) is 6.40. The van der Waals surface area contributed by atoms with Gasteiger partial charge < -0.3 is 21.4 Å². The van der Waals surface area contributed by atoms with Crippen molar-refractivity contribution in [1.82, 2.24) is 0 Å². The smallest absolute Gasteiger partial charge is 0.320 e. The molecule has 0 bridgehead atoms. The largest absolute Gasteiger partial charge is 0.480 e. The molecular weight excluding hydrogens is 300 g/mol. The second kappa shape index (κ2) is 11.5. The number of carboxylic acids is 1. The van der Waals surface area contributed by atoms with Crippen LogP contribution < -0.4 is 11.5 Å². The lowest BCUT2D eigenvalue weighted by Gasteiger charge is -2.05. The molecule has 0 aromatic carbocycles. The minimum absolute atomic E-state index is 0.366. The van der Waals surface area contributed by atoms with Crippen LogP contribution >= 0.6 is 41.2 Å². The molecule has 0 spiro atoms. The molecule has 100 valence electrons. The lowest BCUT2D eigenvalue weighted by atomic mass is 10.2. The molecule has 0 fully saturated rings. The van der Waals surface area contributed by atoms with Gasteiger partial charge in [0.15, 0.2) is 0 Å². The Hall–Kier alpha value is 0.460. The highest BCUT2D eigenvalue weighted by Gasteiger charge is 2.10. The highest BCUT2D eigenvalue weighted by molar-refractivity contribution is 9.26. The highest BCUT2D eigenvalue weighted by Crippen LogP contribution is 2.43. The van der Waals surface area contributed by atoms with Gasteiger partial charge in [-0.15, -0.1) is 0 Å². The van der Waals surface area contributed by atoms with Crippen molar-refractivity contribution in [2.24, 2.45) is 11.5 Å². The van der Waals surface area contributed by atoms with Gasteiger partial charge in [-0.1, -0.05) is 21.6 Å². The first-order valence-corrected chi connectivity index (χ1v) is 10.0. The van der Waals surface area contributed by atoms with Gasteiger partial charge in [-0.3, -0.25) is 4.79 Å². The Morgan fingerprint density at radius 3 is 2.18 bits per heavy atom. The van der Waals surface area contributed by atoms with Crippen molar-refractivity contribution >= 4 is 53.5 Å². The number of aldehydes is 1. The molecule has 0 heterocycles. The van der Waals surface area contributed by atoms with Crippen molar-refractivity contribution in [3.05, 3.63) is 0 Å². The topological polar surface area (TPSA) is 106 Å². The average molecular weight is 316 g/mol. The van der Waals surface area contributed by atoms with E-state index in [0.29, 0.717) is 18.6 Å². The maximum Gasteiger partial charge on any atom is 0.320 e. The van der Waals surface area contributed by atoms with Crippen LogP contribution in [-0.4, -0.2) is 41.0 Å². The van der Waals surface area contributed by atoms with Crippen molar-refractivity contribution < 1.29 is 14.7 Å². The molecule has 0 saturated carbocycles. The predicted octanol–water partition coefficient (Wildman–Crippen LogP) is 1.38. The fraction of sp³-hybridized carbons (Fsp3) is 0.750. The van der Waals surface area contributed by atoms with Crippen molar-refractivity contribution in [3.8, 4) is 0 Å². The van der Waals surface area contributed by atoms with E-state index in [4.69, 9.17) is 16.6 Å². The van der Waals surface area contributed by atoms with Gasteiger partial charge in [0.2, 0.25) is 0 Å². The summed E-state index contributed by atoms with van der Waals surface area (Å²) in [5.41, 5.74) is 10.8. The molecular formula is C8H16N2O3S4. The van der Waals surface area contributed by atoms with E-state index in [-0.39, 0.29) is 6.04 Å². The van der Waals surface area contributed by atoms with Crippen LogP contribution in [0, 0.1) is 0 Å². The molecule has 17 heavy (non-hydrogen) atoms. The van der Waals surface area contributed by atoms with E-state index >= 15 is 0 Å². The van der Waals surface area contributed by atoms with Gasteiger partial charge in [-0.25, -0.2) is 0 Å². The number of hydrogen-bond acceptors (Lipinski definition) is 8. The first-order valence-electron chi connectivity index (χ1n) is 4.85. The predicted molar refractivity (Wildman–Crippen MR) is 79.0 cm³/mol. The summed E-state index contributed by atoms with van der Waals surface area (Å²) >= 11 is 0. The fourth-order valence-corrected chi connectivity index (χ4v) is 6.87. The van der Waals surface area contributed by atoms with Gasteiger partial charge in [0.05, 0.1) is 6.04 Å². The van der Waals surface area contributed by atoms with Gasteiger partial charge in [0, 0.05) is 11.5 Å². The SMILES string of the molecule is NC(C=O)CCSSSSCCC(N)C(=O)O. The zero-order valence-electron chi connectivity index (χ0n) is 9.11. The van der Waals surface area contributed by atoms with Gasteiger partial charge in [0.1, 0.15) is 12.3 Å². The minimum Gasteiger partial charge on any atom is -0.480 e. The summed E-state index contributed by atoms with van der Waals surface area (Å²) in [6.07, 6.45) is 1.89. The van der Waals surface area contributed by atoms with Crippen LogP contribution in [0.5, 0.6) is 0 Å². The highest BCUT2D eigenvalue weighted by atomic mass is 33.7. The molecule has 0 aliphatic carbocycles. The maximum absolute atomic E-state index is 10.4. The third-order valence-corrected chi connectivity index (χ3v) is 8.19. The lowest BCUT2D eigenvalue weighted by molar-refractivity contribution is -0.138. The van der Waals surface area contributed by atoms with Crippen LogP contribution in [0.1, 0.15) is 12.8 Å². The van der Waals surface area contributed by atoms with Crippen LogP contribution in [0.3, 0.4) is 0 Å². The molecule has 0 aliphatic rings. The first kappa shape index (κ1) is 17.5. The summed E-state index contributed by atoms with van der Waals surface area (Å²) in [5, 5.41) is 8.54. The second-order valence-electron chi connectivity index (χ2n) is 3.10. The number of hydrogen-bond donors (Lipinski definition) is 3. The quantitative estimate of drug-likeness (QED) is 0.296. The molecule has 0 aliphatic heterocycles. The Kier molecular flexibility index (Phi) is 11.9. The van der Waals surface area contributed by atoms with Crippen molar-refractivity contribution in [3.63, 3.8) is 0 Å². The van der Waals surface area contributed by atoms with E-state index in [0.717, 1.165) is 12.0 Å². The number of carboxylic acid groups (broad SMARTS) is 1. The Bertz CT molecular complexity index is 233. The molecule has 0 rings (SSSR count). The molecule has 5 N–H and O–H groups in total. The number of aliphatic carboxylic acids is 1. The molecule has 0 saturated heterocycles. The Labute approximate surface area is 116 Å². The summed E-state index contributed by atoms with van der Waals surface area (Å²) in [5.74, 6) is 0.576. The first-order chi connectivity index (χ1) is 8.07. The summed E-state index contributed by atoms with van der Waals surface area (Å²) < 4.78 is 0. The number of carbonyl (C=O) groups excluding carboxylic acids is 1. The summed E-state index contributed by atoms with van der Waals surface area (Å²) in [6, 6.07) is -1.14. The van der Waals surface area contributed by atoms with Crippen LogP contribution in [-0.2, 0) is 9.59 Å². The fourth-order valence-electron chi connectivity index (χ4n) is 0.658. The number of nitrogens with two attached hydrogens (primary N) is 2. The zero-order valence-corrected chi connectivity index (χ0v) is 12.4. The van der Waals surface area contributed by atoms with Crippen molar-refractivity contribution in [1.29, 1.82) is 0 Å². The normalized spacial score (nSPS) is 14.2. The Balaban J connectivity index is 3.19. The van der Waals surface area contributed by atoms with E-state index in [9.17, 15) is 9.59 Å². The molecule has 0 radical (unpaired) electrons. The van der Waals surface area contributed by atoms with Crippen molar-refractivity contribution in [2.75, 3.05) is 11.5 Å². The zero-order chi connectivity index (χ0) is 13.1. The molecule has 0 amide bonds. The lowest BCUT2D eigenvalue weighted by Crippen LogP contribution is -2.30. The Morgan fingerprint density at radius 2 is 1.71 bits per heavy atom. The van der Waals surface area contributed by atoms with E-state index in [1.165, 1.54) is 0 Å². The molecule has 0 aromatic rings. The Morgan fingerprint density at radius 1 is 1.18 bits per heavy atom. The molecule has 5 nitrogen and oxygen atoms in total. The van der Waals surface area contributed by atoms with Gasteiger partial charge in [-0.2, -0.15) is 0 Å². The van der Waals surface area contributed by atoms with Crippen LogP contribution in [0.15, 0.2) is 0 Å². The third-order valence-electron chi connectivity index (χ3n) is 1.66. The molecule has 9 heteroatoms. The van der Waals surface area contributed by atoms with Crippen LogP contribution in [0.4, 0.5) is 0 Å². The monoisotopic (exact) mass is 316 g/mol. The third kappa shape index (κ3) is 11.3. The number of carbonyl (C=O) groups is 2. The van der Waals surface area contributed by atoms with Crippen LogP contribution in [0.2, 0.25) is 0 Å². The standard InChI is InChI=1S/C8H16N2O3S4/c9-6(5-11)1-3-14-16-17-15-4-2-7(10)8(12)13/h5-7H,1-4,9-10H2,(H,12,13). The minimum atomic E-state index is -0.958. The second-order valence-corrected chi connectivity index (χ2v) is 9.34. The molecule has 0 aromatic heterocycles. The molecule has 2 atom stereocenters. The van der Waals surface area contributed by atoms with Gasteiger partial charge >= 0.3 is 5.97 Å². The summed E-state index contributed by atoms with van der Waals surface area (Å²) in [4.78, 5) is 20.6. The van der Waals surface area contributed by atoms with E-state index in [1.807, 2.05) is 0 Å². The van der Waals surface area contributed by atoms with E-state index < -0.39 is 12.0 Å². The van der Waals surface area contributed by atoms with Crippen LogP contribution in [0.25, 0.3) is 0 Å². The van der Waals surface area contributed by atoms with E-state index in [2.05, 4.69) is 0 Å². The van der Waals surface area contributed by atoms with Crippen molar-refractivity contribution in [2.45, 2.75) is 24.9 Å². The summed E-state index contributed by atoms with van der Waals surface area (Å²) in [6.45, 7) is 0. The maximum atomic E-state index is 10.4. The average Bonchev–Trinajstić information content (AvgIpc) is 2.31. The van der Waals surface area contributed by atoms with Gasteiger partial charge in [-0.05, 0) is 32.5 Å². The van der Waals surface area contributed by atoms with Gasteiger partial charge in [0.25, 0.3) is 0 Å². The van der Waals surface area contributed by atoms with E-state index in [1.54, 1.807) is 41.2 Å². The number of rotatable bonds is 11. The molecule has 2 unspecified atom stereocenters.